The van der Waals surface area contributed by atoms with Crippen LogP contribution in [-0.4, -0.2) is 11.1 Å². The van der Waals surface area contributed by atoms with E-state index < -0.39 is 11.1 Å². The van der Waals surface area contributed by atoms with Crippen molar-refractivity contribution < 1.29 is 14.3 Å². The van der Waals surface area contributed by atoms with Crippen molar-refractivity contribution in [2.45, 2.75) is 6.61 Å². The smallest absolute Gasteiger partial charge is 0.298 e. The van der Waals surface area contributed by atoms with Crippen molar-refractivity contribution in [1.82, 2.24) is 0 Å². The van der Waals surface area contributed by atoms with Crippen LogP contribution in [0.4, 0.5) is 10.5 Å². The van der Waals surface area contributed by atoms with Crippen LogP contribution in [-0.2, 0) is 11.4 Å². The zero-order valence-corrected chi connectivity index (χ0v) is 19.8. The van der Waals surface area contributed by atoms with Gasteiger partial charge in [-0.2, -0.15) is 5.26 Å². The summed E-state index contributed by atoms with van der Waals surface area (Å²) in [5.74, 6) is 0.127. The second kappa shape index (κ2) is 9.67. The molecule has 0 saturated carbocycles. The second-order valence-electron chi connectivity index (χ2n) is 7.75. The van der Waals surface area contributed by atoms with E-state index in [0.29, 0.717) is 27.6 Å². The molecule has 0 atom stereocenters. The van der Waals surface area contributed by atoms with E-state index in [9.17, 15) is 14.9 Å². The molecule has 170 valence electrons. The van der Waals surface area contributed by atoms with E-state index in [1.807, 2.05) is 48.5 Å². The molecule has 5 rings (SSSR count). The fourth-order valence-electron chi connectivity index (χ4n) is 3.90. The van der Waals surface area contributed by atoms with E-state index in [1.165, 1.54) is 0 Å². The quantitative estimate of drug-likeness (QED) is 0.273. The Bertz CT molecular complexity index is 1560. The first-order valence-electron chi connectivity index (χ1n) is 10.7. The maximum atomic E-state index is 13.2. The van der Waals surface area contributed by atoms with Gasteiger partial charge in [0.15, 0.2) is 0 Å². The lowest BCUT2D eigenvalue weighted by Crippen LogP contribution is -2.27. The van der Waals surface area contributed by atoms with Crippen molar-refractivity contribution >= 4 is 57.0 Å². The van der Waals surface area contributed by atoms with Crippen molar-refractivity contribution in [1.29, 1.82) is 5.26 Å². The Morgan fingerprint density at radius 3 is 2.60 bits per heavy atom. The molecule has 2 amide bonds. The number of thioether (sulfide) groups is 1. The molecule has 35 heavy (non-hydrogen) atoms. The highest BCUT2D eigenvalue weighted by Gasteiger charge is 2.36. The van der Waals surface area contributed by atoms with Crippen molar-refractivity contribution in [3.05, 3.63) is 112 Å². The molecular weight excluding hydrogens is 480 g/mol. The fraction of sp³-hybridized carbons (Fsp3) is 0.0357. The van der Waals surface area contributed by atoms with Gasteiger partial charge in [-0.1, -0.05) is 66.2 Å². The Morgan fingerprint density at radius 2 is 1.77 bits per heavy atom. The Labute approximate surface area is 211 Å². The number of ether oxygens (including phenoxy) is 1. The lowest BCUT2D eigenvalue weighted by molar-refractivity contribution is -0.113. The average molecular weight is 497 g/mol. The molecule has 0 N–H and O–H groups in total. The third-order valence-corrected chi connectivity index (χ3v) is 6.69. The summed E-state index contributed by atoms with van der Waals surface area (Å²) in [5, 5.41) is 11.3. The number of halogens is 1. The fourth-order valence-corrected chi connectivity index (χ4v) is 4.91. The number of carbonyl (C=O) groups is 2. The SMILES string of the molecule is N#Cc1ccccc1COc1ccc2ccccc2c1/C=C1/SC(=O)N(c2cccc(Cl)c2)C1=O. The molecule has 0 aliphatic carbocycles. The number of benzene rings is 4. The third kappa shape index (κ3) is 4.52. The van der Waals surface area contributed by atoms with Crippen LogP contribution < -0.4 is 9.64 Å². The van der Waals surface area contributed by atoms with Crippen molar-refractivity contribution in [3.63, 3.8) is 0 Å². The highest BCUT2D eigenvalue weighted by atomic mass is 35.5. The summed E-state index contributed by atoms with van der Waals surface area (Å²) < 4.78 is 6.14. The number of amides is 2. The number of hydrogen-bond donors (Lipinski definition) is 0. The monoisotopic (exact) mass is 496 g/mol. The van der Waals surface area contributed by atoms with Gasteiger partial charge in [0.2, 0.25) is 0 Å². The van der Waals surface area contributed by atoms with E-state index in [-0.39, 0.29) is 11.5 Å². The minimum absolute atomic E-state index is 0.187. The van der Waals surface area contributed by atoms with Crippen LogP contribution in [0.1, 0.15) is 16.7 Å². The number of nitrogens with zero attached hydrogens (tertiary/aromatic N) is 2. The van der Waals surface area contributed by atoms with Crippen molar-refractivity contribution in [2.24, 2.45) is 0 Å². The molecule has 1 aliphatic heterocycles. The molecule has 0 spiro atoms. The van der Waals surface area contributed by atoms with Crippen LogP contribution in [0.3, 0.4) is 0 Å². The maximum Gasteiger partial charge on any atom is 0.298 e. The Balaban J connectivity index is 1.54. The van der Waals surface area contributed by atoms with Crippen LogP contribution in [0.5, 0.6) is 5.75 Å². The number of hydrogen-bond acceptors (Lipinski definition) is 5. The Kier molecular flexibility index (Phi) is 6.28. The summed E-state index contributed by atoms with van der Waals surface area (Å²) in [7, 11) is 0. The van der Waals surface area contributed by atoms with Gasteiger partial charge in [0, 0.05) is 16.1 Å². The minimum Gasteiger partial charge on any atom is -0.488 e. The van der Waals surface area contributed by atoms with E-state index in [0.717, 1.165) is 33.0 Å². The number of nitriles is 1. The molecule has 0 bridgehead atoms. The van der Waals surface area contributed by atoms with Crippen molar-refractivity contribution in [3.8, 4) is 11.8 Å². The largest absolute Gasteiger partial charge is 0.488 e. The first-order valence-corrected chi connectivity index (χ1v) is 11.9. The Hall–Kier alpha value is -4.05. The zero-order valence-electron chi connectivity index (χ0n) is 18.3. The number of imide groups is 1. The van der Waals surface area contributed by atoms with Gasteiger partial charge in [-0.15, -0.1) is 0 Å². The molecule has 1 fully saturated rings. The van der Waals surface area contributed by atoms with Crippen LogP contribution in [0.2, 0.25) is 5.02 Å². The summed E-state index contributed by atoms with van der Waals surface area (Å²) >= 11 is 6.94. The van der Waals surface area contributed by atoms with Gasteiger partial charge >= 0.3 is 0 Å². The zero-order chi connectivity index (χ0) is 24.4. The van der Waals surface area contributed by atoms with Crippen LogP contribution in [0.15, 0.2) is 89.8 Å². The molecule has 1 aliphatic rings. The van der Waals surface area contributed by atoms with E-state index >= 15 is 0 Å². The summed E-state index contributed by atoms with van der Waals surface area (Å²) in [4.78, 5) is 27.4. The minimum atomic E-state index is -0.420. The molecule has 5 nitrogen and oxygen atoms in total. The molecule has 4 aromatic carbocycles. The molecule has 0 radical (unpaired) electrons. The van der Waals surface area contributed by atoms with Crippen LogP contribution >= 0.6 is 23.4 Å². The van der Waals surface area contributed by atoms with Gasteiger partial charge in [-0.3, -0.25) is 9.59 Å². The molecular formula is C28H17ClN2O3S. The van der Waals surface area contributed by atoms with Gasteiger partial charge in [0.1, 0.15) is 12.4 Å². The average Bonchev–Trinajstić information content (AvgIpc) is 3.16. The normalized spacial score (nSPS) is 14.5. The third-order valence-electron chi connectivity index (χ3n) is 5.59. The second-order valence-corrected chi connectivity index (χ2v) is 9.18. The van der Waals surface area contributed by atoms with Gasteiger partial charge < -0.3 is 4.74 Å². The topological polar surface area (TPSA) is 70.4 Å². The highest BCUT2D eigenvalue weighted by molar-refractivity contribution is 8.19. The van der Waals surface area contributed by atoms with Gasteiger partial charge in [0.05, 0.1) is 22.2 Å². The first kappa shape index (κ1) is 22.7. The highest BCUT2D eigenvalue weighted by Crippen LogP contribution is 2.39. The number of anilines is 1. The molecule has 0 aromatic heterocycles. The molecule has 0 unspecified atom stereocenters. The summed E-state index contributed by atoms with van der Waals surface area (Å²) in [6.07, 6.45) is 1.70. The molecule has 4 aromatic rings. The number of carbonyl (C=O) groups excluding carboxylic acids is 2. The van der Waals surface area contributed by atoms with E-state index in [4.69, 9.17) is 16.3 Å². The predicted molar refractivity (Wildman–Crippen MR) is 139 cm³/mol. The predicted octanol–water partition coefficient (Wildman–Crippen LogP) is 7.18. The lowest BCUT2D eigenvalue weighted by atomic mass is 10.0. The number of fused-ring (bicyclic) bond motifs is 1. The summed E-state index contributed by atoms with van der Waals surface area (Å²) in [5.41, 5.74) is 2.41. The molecule has 7 heteroatoms. The van der Waals surface area contributed by atoms with Crippen LogP contribution in [0, 0.1) is 11.3 Å². The molecule has 1 saturated heterocycles. The summed E-state index contributed by atoms with van der Waals surface area (Å²) in [6, 6.07) is 27.6. The van der Waals surface area contributed by atoms with E-state index in [2.05, 4.69) is 6.07 Å². The Morgan fingerprint density at radius 1 is 0.971 bits per heavy atom. The lowest BCUT2D eigenvalue weighted by Gasteiger charge is -2.14. The molecule has 1 heterocycles. The summed E-state index contributed by atoms with van der Waals surface area (Å²) in [6.45, 7) is 0.187. The van der Waals surface area contributed by atoms with E-state index in [1.54, 1.807) is 42.5 Å². The van der Waals surface area contributed by atoms with Gasteiger partial charge in [-0.05, 0) is 58.9 Å². The number of rotatable bonds is 5. The standard InChI is InChI=1S/C28H17ClN2O3S/c29-21-9-5-10-22(14-21)31-27(32)26(35-28(31)33)15-24-23-11-4-3-6-18(23)12-13-25(24)34-17-20-8-2-1-7-19(20)16-30/h1-15H,17H2/b26-15+. The van der Waals surface area contributed by atoms with Crippen LogP contribution in [0.25, 0.3) is 16.8 Å². The first-order chi connectivity index (χ1) is 17.0. The van der Waals surface area contributed by atoms with Crippen molar-refractivity contribution in [2.75, 3.05) is 4.90 Å². The van der Waals surface area contributed by atoms with Gasteiger partial charge in [0.25, 0.3) is 11.1 Å². The maximum absolute atomic E-state index is 13.2. The van der Waals surface area contributed by atoms with Gasteiger partial charge in [-0.25, -0.2) is 4.90 Å².